The van der Waals surface area contributed by atoms with E-state index in [4.69, 9.17) is 4.42 Å². The van der Waals surface area contributed by atoms with E-state index in [1.807, 2.05) is 42.1 Å². The van der Waals surface area contributed by atoms with Crippen LogP contribution in [0, 0.1) is 11.8 Å². The summed E-state index contributed by atoms with van der Waals surface area (Å²) in [5.41, 5.74) is 2.69. The average Bonchev–Trinajstić information content (AvgIpc) is 3.27. The predicted molar refractivity (Wildman–Crippen MR) is 126 cm³/mol. The molecule has 1 N–H and O–H groups in total. The van der Waals surface area contributed by atoms with Crippen LogP contribution in [0.5, 0.6) is 0 Å². The molecule has 1 aromatic heterocycles. The van der Waals surface area contributed by atoms with E-state index in [2.05, 4.69) is 39.9 Å². The summed E-state index contributed by atoms with van der Waals surface area (Å²) in [6.07, 6.45) is 3.14. The Balaban J connectivity index is 2.39. The van der Waals surface area contributed by atoms with E-state index in [9.17, 15) is 9.59 Å². The van der Waals surface area contributed by atoms with Gasteiger partial charge in [-0.3, -0.25) is 9.59 Å². The molecule has 1 aromatic carbocycles. The molecule has 1 atom stereocenters. The number of carbonyl (C=O) groups is 2. The molecular weight excluding hydrogens is 390 g/mol. The van der Waals surface area contributed by atoms with Crippen molar-refractivity contribution in [1.82, 2.24) is 4.90 Å². The summed E-state index contributed by atoms with van der Waals surface area (Å²) in [5.74, 6) is 0.515. The summed E-state index contributed by atoms with van der Waals surface area (Å²) in [7, 11) is 3.97. The van der Waals surface area contributed by atoms with Gasteiger partial charge in [0, 0.05) is 44.0 Å². The second-order valence-corrected chi connectivity index (χ2v) is 8.63. The topological polar surface area (TPSA) is 65.8 Å². The number of hydrogen-bond donors (Lipinski definition) is 1. The molecule has 0 fully saturated rings. The number of rotatable bonds is 10. The SMILES string of the molecule is CCC(CC)C(=O)N(Cc1cc(NC(=O)c2ccco2)ccc1N(C)C)[C@@H](C)C(C)C. The summed E-state index contributed by atoms with van der Waals surface area (Å²) in [4.78, 5) is 29.8. The second kappa shape index (κ2) is 11.0. The molecule has 0 spiro atoms. The van der Waals surface area contributed by atoms with E-state index in [-0.39, 0.29) is 29.5 Å². The molecule has 2 amide bonds. The van der Waals surface area contributed by atoms with Gasteiger partial charge in [-0.25, -0.2) is 0 Å². The maximum absolute atomic E-state index is 13.4. The van der Waals surface area contributed by atoms with Crippen LogP contribution in [0.15, 0.2) is 41.0 Å². The molecule has 0 aliphatic heterocycles. The average molecular weight is 428 g/mol. The first kappa shape index (κ1) is 24.5. The molecule has 31 heavy (non-hydrogen) atoms. The molecule has 2 aromatic rings. The summed E-state index contributed by atoms with van der Waals surface area (Å²) in [5, 5.41) is 2.90. The van der Waals surface area contributed by atoms with Gasteiger partial charge >= 0.3 is 0 Å². The fourth-order valence-corrected chi connectivity index (χ4v) is 3.67. The van der Waals surface area contributed by atoms with Gasteiger partial charge in [0.25, 0.3) is 5.91 Å². The first-order chi connectivity index (χ1) is 14.7. The van der Waals surface area contributed by atoms with Gasteiger partial charge in [0.2, 0.25) is 5.91 Å². The zero-order valence-corrected chi connectivity index (χ0v) is 19.9. The maximum atomic E-state index is 13.4. The Hall–Kier alpha value is -2.76. The number of nitrogens with zero attached hydrogens (tertiary/aromatic N) is 2. The highest BCUT2D eigenvalue weighted by molar-refractivity contribution is 6.02. The normalized spacial score (nSPS) is 12.2. The Bertz CT molecular complexity index is 855. The number of anilines is 2. The predicted octanol–water partition coefficient (Wildman–Crippen LogP) is 5.41. The van der Waals surface area contributed by atoms with Crippen molar-refractivity contribution in [2.45, 2.75) is 60.0 Å². The number of benzene rings is 1. The molecule has 0 bridgehead atoms. The molecule has 0 radical (unpaired) electrons. The van der Waals surface area contributed by atoms with Gasteiger partial charge in [-0.2, -0.15) is 0 Å². The third kappa shape index (κ3) is 6.12. The lowest BCUT2D eigenvalue weighted by Gasteiger charge is -2.35. The van der Waals surface area contributed by atoms with Crippen LogP contribution in [0.3, 0.4) is 0 Å². The maximum Gasteiger partial charge on any atom is 0.291 e. The highest BCUT2D eigenvalue weighted by Gasteiger charge is 2.28. The first-order valence-electron chi connectivity index (χ1n) is 11.1. The number of hydrogen-bond acceptors (Lipinski definition) is 4. The van der Waals surface area contributed by atoms with Crippen molar-refractivity contribution in [2.24, 2.45) is 11.8 Å². The lowest BCUT2D eigenvalue weighted by atomic mass is 9.97. The molecule has 6 heteroatoms. The van der Waals surface area contributed by atoms with Crippen LogP contribution in [0.4, 0.5) is 11.4 Å². The van der Waals surface area contributed by atoms with Gasteiger partial charge in [-0.15, -0.1) is 0 Å². The van der Waals surface area contributed by atoms with Crippen LogP contribution in [0.2, 0.25) is 0 Å². The minimum absolute atomic E-state index is 0.0193. The van der Waals surface area contributed by atoms with Crippen molar-refractivity contribution in [3.05, 3.63) is 47.9 Å². The Morgan fingerprint density at radius 3 is 2.26 bits per heavy atom. The third-order valence-electron chi connectivity index (χ3n) is 5.98. The van der Waals surface area contributed by atoms with Gasteiger partial charge in [0.15, 0.2) is 5.76 Å². The zero-order chi connectivity index (χ0) is 23.1. The van der Waals surface area contributed by atoms with E-state index in [0.717, 1.165) is 24.1 Å². The highest BCUT2D eigenvalue weighted by atomic mass is 16.3. The van der Waals surface area contributed by atoms with Crippen molar-refractivity contribution in [3.63, 3.8) is 0 Å². The molecule has 1 heterocycles. The van der Waals surface area contributed by atoms with Gasteiger partial charge < -0.3 is 19.5 Å². The first-order valence-corrected chi connectivity index (χ1v) is 11.1. The van der Waals surface area contributed by atoms with E-state index in [0.29, 0.717) is 18.2 Å². The van der Waals surface area contributed by atoms with E-state index < -0.39 is 0 Å². The van der Waals surface area contributed by atoms with Crippen molar-refractivity contribution in [2.75, 3.05) is 24.3 Å². The summed E-state index contributed by atoms with van der Waals surface area (Å²) in [6, 6.07) is 9.22. The summed E-state index contributed by atoms with van der Waals surface area (Å²) in [6.45, 7) is 11.0. The third-order valence-corrected chi connectivity index (χ3v) is 5.98. The van der Waals surface area contributed by atoms with E-state index >= 15 is 0 Å². The number of carbonyl (C=O) groups excluding carboxylic acids is 2. The highest BCUT2D eigenvalue weighted by Crippen LogP contribution is 2.28. The Labute approximate surface area is 186 Å². The number of amides is 2. The van der Waals surface area contributed by atoms with Crippen LogP contribution >= 0.6 is 0 Å². The van der Waals surface area contributed by atoms with E-state index in [1.54, 1.807) is 12.1 Å². The molecule has 170 valence electrons. The second-order valence-electron chi connectivity index (χ2n) is 8.63. The minimum atomic E-state index is -0.297. The molecule has 6 nitrogen and oxygen atoms in total. The molecule has 0 saturated heterocycles. The number of furan rings is 1. The van der Waals surface area contributed by atoms with Crippen LogP contribution in [0.1, 0.15) is 63.6 Å². The zero-order valence-electron chi connectivity index (χ0n) is 19.9. The minimum Gasteiger partial charge on any atom is -0.459 e. The Kier molecular flexibility index (Phi) is 8.72. The Morgan fingerprint density at radius 1 is 1.06 bits per heavy atom. The summed E-state index contributed by atoms with van der Waals surface area (Å²) < 4.78 is 5.19. The number of nitrogens with one attached hydrogen (secondary N) is 1. The van der Waals surface area contributed by atoms with Gasteiger partial charge in [0.1, 0.15) is 0 Å². The van der Waals surface area contributed by atoms with Gasteiger partial charge in [-0.1, -0.05) is 27.7 Å². The fourth-order valence-electron chi connectivity index (χ4n) is 3.67. The largest absolute Gasteiger partial charge is 0.459 e. The molecule has 0 aliphatic carbocycles. The van der Waals surface area contributed by atoms with Crippen molar-refractivity contribution < 1.29 is 14.0 Å². The fraction of sp³-hybridized carbons (Fsp3) is 0.520. The standard InChI is InChI=1S/C25H37N3O3/c1-8-19(9-2)25(30)28(18(5)17(3)4)16-20-15-21(12-13-22(20)27(6)7)26-24(29)23-11-10-14-31-23/h10-15,17-19H,8-9,16H2,1-7H3,(H,26,29)/t18-/m0/s1. The lowest BCUT2D eigenvalue weighted by molar-refractivity contribution is -0.139. The molecule has 0 saturated carbocycles. The molecule has 0 unspecified atom stereocenters. The quantitative estimate of drug-likeness (QED) is 0.551. The summed E-state index contributed by atoms with van der Waals surface area (Å²) >= 11 is 0. The molecule has 0 aliphatic rings. The molecule has 2 rings (SSSR count). The smallest absolute Gasteiger partial charge is 0.291 e. The van der Waals surface area contributed by atoms with Crippen LogP contribution in [-0.4, -0.2) is 36.9 Å². The molecular formula is C25H37N3O3. The van der Waals surface area contributed by atoms with Gasteiger partial charge in [0.05, 0.1) is 6.26 Å². The monoisotopic (exact) mass is 427 g/mol. The van der Waals surface area contributed by atoms with Crippen LogP contribution in [0.25, 0.3) is 0 Å². The van der Waals surface area contributed by atoms with Crippen LogP contribution < -0.4 is 10.2 Å². The van der Waals surface area contributed by atoms with E-state index in [1.165, 1.54) is 6.26 Å². The van der Waals surface area contributed by atoms with Crippen LogP contribution in [-0.2, 0) is 11.3 Å². The van der Waals surface area contributed by atoms with Gasteiger partial charge in [-0.05, 0) is 61.6 Å². The van der Waals surface area contributed by atoms with Crippen molar-refractivity contribution in [1.29, 1.82) is 0 Å². The van der Waals surface area contributed by atoms with Crippen molar-refractivity contribution in [3.8, 4) is 0 Å². The lowest BCUT2D eigenvalue weighted by Crippen LogP contribution is -2.44. The Morgan fingerprint density at radius 2 is 1.74 bits per heavy atom. The van der Waals surface area contributed by atoms with Crippen molar-refractivity contribution >= 4 is 23.2 Å².